The van der Waals surface area contributed by atoms with Gasteiger partial charge in [0.05, 0.1) is 4.90 Å². The predicted octanol–water partition coefficient (Wildman–Crippen LogP) is 1.93. The summed E-state index contributed by atoms with van der Waals surface area (Å²) in [4.78, 5) is 17.0. The molecule has 3 rings (SSSR count). The normalized spacial score (nSPS) is 14.4. The molecule has 0 aliphatic carbocycles. The van der Waals surface area contributed by atoms with Gasteiger partial charge in [0.25, 0.3) is 5.91 Å². The number of amidine groups is 1. The van der Waals surface area contributed by atoms with Crippen molar-refractivity contribution in [2.45, 2.75) is 11.3 Å². The van der Waals surface area contributed by atoms with Gasteiger partial charge in [-0.25, -0.2) is 12.7 Å². The van der Waals surface area contributed by atoms with Crippen LogP contribution in [0, 0.1) is 0 Å². The van der Waals surface area contributed by atoms with Crippen molar-refractivity contribution in [2.75, 3.05) is 32.5 Å². The minimum Gasteiger partial charge on any atom is -0.370 e. The summed E-state index contributed by atoms with van der Waals surface area (Å²) in [5, 5.41) is 6.07. The highest BCUT2D eigenvalue weighted by Gasteiger charge is 2.17. The van der Waals surface area contributed by atoms with E-state index in [0.717, 1.165) is 35.2 Å². The molecule has 0 saturated carbocycles. The minimum atomic E-state index is -3.51. The fourth-order valence-electron chi connectivity index (χ4n) is 2.63. The average Bonchev–Trinajstić information content (AvgIpc) is 2.69. The van der Waals surface area contributed by atoms with Gasteiger partial charge in [-0.15, -0.1) is 0 Å². The highest BCUT2D eigenvalue weighted by Crippen LogP contribution is 2.16. The van der Waals surface area contributed by atoms with Gasteiger partial charge in [-0.05, 0) is 55.0 Å². The van der Waals surface area contributed by atoms with Gasteiger partial charge in [0.15, 0.2) is 0 Å². The molecule has 0 spiro atoms. The molecular formula is C19H22N4O3S. The Labute approximate surface area is 159 Å². The Morgan fingerprint density at radius 2 is 1.74 bits per heavy atom. The second-order valence-corrected chi connectivity index (χ2v) is 8.51. The number of sulfonamides is 1. The van der Waals surface area contributed by atoms with Gasteiger partial charge < -0.3 is 10.6 Å². The second-order valence-electron chi connectivity index (χ2n) is 6.35. The van der Waals surface area contributed by atoms with Gasteiger partial charge in [0.2, 0.25) is 10.0 Å². The van der Waals surface area contributed by atoms with Gasteiger partial charge in [-0.2, -0.15) is 0 Å². The lowest BCUT2D eigenvalue weighted by Crippen LogP contribution is -2.30. The monoisotopic (exact) mass is 386 g/mol. The van der Waals surface area contributed by atoms with Crippen molar-refractivity contribution in [3.63, 3.8) is 0 Å². The van der Waals surface area contributed by atoms with Crippen LogP contribution < -0.4 is 10.6 Å². The molecule has 2 N–H and O–H groups in total. The number of rotatable bonds is 5. The summed E-state index contributed by atoms with van der Waals surface area (Å²) in [6.07, 6.45) is 1.03. The molecule has 0 unspecified atom stereocenters. The lowest BCUT2D eigenvalue weighted by molar-refractivity contribution is 0.102. The fourth-order valence-corrected chi connectivity index (χ4v) is 3.53. The molecular weight excluding hydrogens is 364 g/mol. The Balaban J connectivity index is 1.69. The van der Waals surface area contributed by atoms with Crippen LogP contribution in [0.3, 0.4) is 0 Å². The molecule has 1 aliphatic heterocycles. The smallest absolute Gasteiger partial charge is 0.255 e. The van der Waals surface area contributed by atoms with Gasteiger partial charge in [0, 0.05) is 44.0 Å². The van der Waals surface area contributed by atoms with Crippen LogP contribution in [-0.2, 0) is 10.0 Å². The summed E-state index contributed by atoms with van der Waals surface area (Å²) in [5.41, 5.74) is 2.02. The molecule has 0 atom stereocenters. The van der Waals surface area contributed by atoms with Crippen molar-refractivity contribution in [3.8, 4) is 0 Å². The fraction of sp³-hybridized carbons (Fsp3) is 0.263. The van der Waals surface area contributed by atoms with E-state index in [4.69, 9.17) is 0 Å². The van der Waals surface area contributed by atoms with Crippen LogP contribution in [0.1, 0.15) is 22.3 Å². The average molecular weight is 386 g/mol. The number of amides is 1. The molecule has 8 heteroatoms. The van der Waals surface area contributed by atoms with E-state index in [0.29, 0.717) is 11.3 Å². The molecule has 2 aromatic carbocycles. The summed E-state index contributed by atoms with van der Waals surface area (Å²) in [6.45, 7) is 1.73. The maximum absolute atomic E-state index is 12.4. The SMILES string of the molecule is CN(C)S(=O)(=O)c1ccc(C(=O)Nc2ccc(C3=NCCCN3)cc2)cc1. The molecule has 142 valence electrons. The van der Waals surface area contributed by atoms with Gasteiger partial charge >= 0.3 is 0 Å². The standard InChI is InChI=1S/C19H22N4O3S/c1-23(2)27(25,26)17-10-6-15(7-11-17)19(24)22-16-8-4-14(5-9-16)18-20-12-3-13-21-18/h4-11H,3,12-13H2,1-2H3,(H,20,21)(H,22,24). The number of hydrogen-bond acceptors (Lipinski definition) is 5. The zero-order valence-corrected chi connectivity index (χ0v) is 16.1. The van der Waals surface area contributed by atoms with Crippen molar-refractivity contribution in [3.05, 3.63) is 59.7 Å². The Hall–Kier alpha value is -2.71. The molecule has 7 nitrogen and oxygen atoms in total. The van der Waals surface area contributed by atoms with E-state index in [1.54, 1.807) is 0 Å². The number of carbonyl (C=O) groups is 1. The summed E-state index contributed by atoms with van der Waals surface area (Å²) in [5.74, 6) is 0.571. The van der Waals surface area contributed by atoms with Crippen LogP contribution in [0.25, 0.3) is 0 Å². The van der Waals surface area contributed by atoms with Crippen LogP contribution in [0.15, 0.2) is 58.4 Å². The summed E-state index contributed by atoms with van der Waals surface area (Å²) >= 11 is 0. The highest BCUT2D eigenvalue weighted by atomic mass is 32.2. The third-order valence-corrected chi connectivity index (χ3v) is 6.04. The van der Waals surface area contributed by atoms with Crippen molar-refractivity contribution >= 4 is 27.5 Å². The van der Waals surface area contributed by atoms with Crippen LogP contribution >= 0.6 is 0 Å². The van der Waals surface area contributed by atoms with E-state index in [1.807, 2.05) is 24.3 Å². The first kappa shape index (κ1) is 19.1. The van der Waals surface area contributed by atoms with Crippen molar-refractivity contribution in [1.29, 1.82) is 0 Å². The maximum Gasteiger partial charge on any atom is 0.255 e. The Bertz CT molecular complexity index is 949. The largest absolute Gasteiger partial charge is 0.370 e. The first-order chi connectivity index (χ1) is 12.9. The number of nitrogens with one attached hydrogen (secondary N) is 2. The Morgan fingerprint density at radius 1 is 1.07 bits per heavy atom. The lowest BCUT2D eigenvalue weighted by atomic mass is 10.1. The van der Waals surface area contributed by atoms with E-state index in [-0.39, 0.29) is 10.8 Å². The molecule has 2 aromatic rings. The van der Waals surface area contributed by atoms with Crippen LogP contribution in [0.2, 0.25) is 0 Å². The molecule has 0 fully saturated rings. The third-order valence-electron chi connectivity index (χ3n) is 4.21. The number of benzene rings is 2. The topological polar surface area (TPSA) is 90.9 Å². The summed E-state index contributed by atoms with van der Waals surface area (Å²) < 4.78 is 25.3. The molecule has 1 heterocycles. The molecule has 0 aromatic heterocycles. The van der Waals surface area contributed by atoms with E-state index >= 15 is 0 Å². The minimum absolute atomic E-state index is 0.147. The molecule has 1 amide bonds. The molecule has 0 bridgehead atoms. The Kier molecular flexibility index (Phi) is 5.57. The van der Waals surface area contributed by atoms with Crippen LogP contribution in [-0.4, -0.2) is 51.7 Å². The molecule has 0 radical (unpaired) electrons. The second kappa shape index (κ2) is 7.89. The van der Waals surface area contributed by atoms with Gasteiger partial charge in [0.1, 0.15) is 5.84 Å². The lowest BCUT2D eigenvalue weighted by Gasteiger charge is -2.15. The van der Waals surface area contributed by atoms with Gasteiger partial charge in [-0.1, -0.05) is 0 Å². The number of carbonyl (C=O) groups excluding carboxylic acids is 1. The van der Waals surface area contributed by atoms with Crippen LogP contribution in [0.5, 0.6) is 0 Å². The van der Waals surface area contributed by atoms with Crippen LogP contribution in [0.4, 0.5) is 5.69 Å². The van der Waals surface area contributed by atoms with Crippen molar-refractivity contribution in [2.24, 2.45) is 4.99 Å². The first-order valence-electron chi connectivity index (χ1n) is 8.60. The number of hydrogen-bond donors (Lipinski definition) is 2. The molecule has 1 aliphatic rings. The molecule has 27 heavy (non-hydrogen) atoms. The van der Waals surface area contributed by atoms with Gasteiger partial charge in [-0.3, -0.25) is 9.79 Å². The Morgan fingerprint density at radius 3 is 2.30 bits per heavy atom. The highest BCUT2D eigenvalue weighted by molar-refractivity contribution is 7.89. The van der Waals surface area contributed by atoms with E-state index < -0.39 is 10.0 Å². The van der Waals surface area contributed by atoms with E-state index in [1.165, 1.54) is 38.4 Å². The first-order valence-corrected chi connectivity index (χ1v) is 10.0. The van der Waals surface area contributed by atoms with E-state index in [2.05, 4.69) is 15.6 Å². The third kappa shape index (κ3) is 4.35. The molecule has 0 saturated heterocycles. The van der Waals surface area contributed by atoms with Crippen molar-refractivity contribution in [1.82, 2.24) is 9.62 Å². The van der Waals surface area contributed by atoms with Crippen molar-refractivity contribution < 1.29 is 13.2 Å². The van der Waals surface area contributed by atoms with E-state index in [9.17, 15) is 13.2 Å². The number of nitrogens with zero attached hydrogens (tertiary/aromatic N) is 2. The predicted molar refractivity (Wildman–Crippen MR) is 106 cm³/mol. The quantitative estimate of drug-likeness (QED) is 0.821. The summed E-state index contributed by atoms with van der Waals surface area (Å²) in [6, 6.07) is 13.3. The zero-order chi connectivity index (χ0) is 19.4. The maximum atomic E-state index is 12.4. The summed E-state index contributed by atoms with van der Waals surface area (Å²) in [7, 11) is -0.577. The number of aliphatic imine (C=N–C) groups is 1. The zero-order valence-electron chi connectivity index (χ0n) is 15.3. The number of anilines is 1.